The van der Waals surface area contributed by atoms with Gasteiger partial charge < -0.3 is 9.64 Å². The van der Waals surface area contributed by atoms with Gasteiger partial charge in [-0.3, -0.25) is 0 Å². The lowest BCUT2D eigenvalue weighted by Crippen LogP contribution is -2.42. The van der Waals surface area contributed by atoms with E-state index in [4.69, 9.17) is 4.74 Å². The van der Waals surface area contributed by atoms with Crippen molar-refractivity contribution >= 4 is 28.6 Å². The molecular formula is C11H15IN2O. The van der Waals surface area contributed by atoms with Crippen LogP contribution in [0, 0.1) is 0 Å². The first-order valence-corrected chi connectivity index (χ1v) is 6.06. The molecule has 1 aromatic carbocycles. The highest BCUT2D eigenvalue weighted by atomic mass is 127. The van der Waals surface area contributed by atoms with Crippen molar-refractivity contribution in [1.29, 1.82) is 0 Å². The summed E-state index contributed by atoms with van der Waals surface area (Å²) in [7, 11) is 1.73. The molecule has 3 nitrogen and oxygen atoms in total. The summed E-state index contributed by atoms with van der Waals surface area (Å²) in [6, 6.07) is 8.22. The van der Waals surface area contributed by atoms with Crippen molar-refractivity contribution in [2.75, 3.05) is 38.2 Å². The Morgan fingerprint density at radius 2 is 1.80 bits per heavy atom. The SMILES string of the molecule is COc1ccccc1N1CCN(I)CC1. The quantitative estimate of drug-likeness (QED) is 0.614. The molecule has 0 atom stereocenters. The molecule has 0 spiro atoms. The predicted molar refractivity (Wildman–Crippen MR) is 70.8 cm³/mol. The van der Waals surface area contributed by atoms with Gasteiger partial charge in [0.05, 0.1) is 12.8 Å². The van der Waals surface area contributed by atoms with Crippen molar-refractivity contribution in [3.63, 3.8) is 0 Å². The number of hydrogen-bond donors (Lipinski definition) is 0. The van der Waals surface area contributed by atoms with Crippen LogP contribution in [0.15, 0.2) is 24.3 Å². The molecule has 1 saturated heterocycles. The van der Waals surface area contributed by atoms with Crippen LogP contribution in [0.4, 0.5) is 5.69 Å². The van der Waals surface area contributed by atoms with E-state index in [0.29, 0.717) is 0 Å². The van der Waals surface area contributed by atoms with Crippen molar-refractivity contribution in [2.45, 2.75) is 0 Å². The normalized spacial score (nSPS) is 17.9. The molecular weight excluding hydrogens is 303 g/mol. The van der Waals surface area contributed by atoms with Crippen LogP contribution in [0.5, 0.6) is 5.75 Å². The van der Waals surface area contributed by atoms with Gasteiger partial charge >= 0.3 is 0 Å². The highest BCUT2D eigenvalue weighted by Gasteiger charge is 2.17. The summed E-state index contributed by atoms with van der Waals surface area (Å²) >= 11 is 2.38. The molecule has 0 N–H and O–H groups in total. The summed E-state index contributed by atoms with van der Waals surface area (Å²) in [5.74, 6) is 0.972. The van der Waals surface area contributed by atoms with Crippen LogP contribution in [0.25, 0.3) is 0 Å². The van der Waals surface area contributed by atoms with Crippen LogP contribution >= 0.6 is 22.9 Å². The average Bonchev–Trinajstić information content (AvgIpc) is 2.30. The summed E-state index contributed by atoms with van der Waals surface area (Å²) < 4.78 is 7.69. The molecule has 1 fully saturated rings. The molecule has 0 amide bonds. The number of ether oxygens (including phenoxy) is 1. The number of anilines is 1. The van der Waals surface area contributed by atoms with Crippen molar-refractivity contribution in [3.8, 4) is 5.75 Å². The Morgan fingerprint density at radius 3 is 2.47 bits per heavy atom. The zero-order valence-corrected chi connectivity index (χ0v) is 11.0. The van der Waals surface area contributed by atoms with Crippen LogP contribution in [0.2, 0.25) is 0 Å². The minimum absolute atomic E-state index is 0.972. The number of benzene rings is 1. The molecule has 4 heteroatoms. The van der Waals surface area contributed by atoms with Gasteiger partial charge in [0.1, 0.15) is 5.75 Å². The minimum Gasteiger partial charge on any atom is -0.495 e. The minimum atomic E-state index is 0.972. The lowest BCUT2D eigenvalue weighted by Gasteiger charge is -2.33. The van der Waals surface area contributed by atoms with Gasteiger partial charge in [-0.15, -0.1) is 0 Å². The number of rotatable bonds is 2. The molecule has 0 aromatic heterocycles. The van der Waals surface area contributed by atoms with E-state index in [1.54, 1.807) is 7.11 Å². The molecule has 0 bridgehead atoms. The van der Waals surface area contributed by atoms with E-state index in [0.717, 1.165) is 31.9 Å². The third kappa shape index (κ3) is 2.55. The van der Waals surface area contributed by atoms with Crippen LogP contribution < -0.4 is 9.64 Å². The Bertz CT molecular complexity index is 324. The second kappa shape index (κ2) is 5.03. The molecule has 2 rings (SSSR count). The number of piperazine rings is 1. The summed E-state index contributed by atoms with van der Waals surface area (Å²) in [6.07, 6.45) is 0. The van der Waals surface area contributed by atoms with Crippen molar-refractivity contribution < 1.29 is 4.74 Å². The Kier molecular flexibility index (Phi) is 3.69. The Balaban J connectivity index is 2.15. The maximum Gasteiger partial charge on any atom is 0.142 e. The first-order chi connectivity index (χ1) is 7.31. The largest absolute Gasteiger partial charge is 0.495 e. The average molecular weight is 318 g/mol. The third-order valence-corrected chi connectivity index (χ3v) is 3.62. The van der Waals surface area contributed by atoms with Gasteiger partial charge in [0.15, 0.2) is 0 Å². The van der Waals surface area contributed by atoms with E-state index in [1.165, 1.54) is 5.69 Å². The van der Waals surface area contributed by atoms with Gasteiger partial charge in [-0.2, -0.15) is 0 Å². The van der Waals surface area contributed by atoms with E-state index in [1.807, 2.05) is 12.1 Å². The number of methoxy groups -OCH3 is 1. The van der Waals surface area contributed by atoms with Crippen LogP contribution in [0.1, 0.15) is 0 Å². The topological polar surface area (TPSA) is 15.7 Å². The van der Waals surface area contributed by atoms with Crippen molar-refractivity contribution in [2.24, 2.45) is 0 Å². The molecule has 1 aliphatic heterocycles. The van der Waals surface area contributed by atoms with Gasteiger partial charge in [0.25, 0.3) is 0 Å². The maximum atomic E-state index is 5.37. The lowest BCUT2D eigenvalue weighted by atomic mass is 10.2. The Hall–Kier alpha value is -0.490. The fraction of sp³-hybridized carbons (Fsp3) is 0.455. The van der Waals surface area contributed by atoms with Crippen LogP contribution in [0.3, 0.4) is 0 Å². The lowest BCUT2D eigenvalue weighted by molar-refractivity contribution is 0.408. The van der Waals surface area contributed by atoms with E-state index in [9.17, 15) is 0 Å². The summed E-state index contributed by atoms with van der Waals surface area (Å²) in [5.41, 5.74) is 1.21. The molecule has 1 heterocycles. The Labute approximate surface area is 105 Å². The summed E-state index contributed by atoms with van der Waals surface area (Å²) in [5, 5.41) is 0. The number of hydrogen-bond acceptors (Lipinski definition) is 3. The Morgan fingerprint density at radius 1 is 1.13 bits per heavy atom. The van der Waals surface area contributed by atoms with Crippen molar-refractivity contribution in [3.05, 3.63) is 24.3 Å². The molecule has 82 valence electrons. The maximum absolute atomic E-state index is 5.37. The monoisotopic (exact) mass is 318 g/mol. The summed E-state index contributed by atoms with van der Waals surface area (Å²) in [6.45, 7) is 4.36. The smallest absolute Gasteiger partial charge is 0.142 e. The second-order valence-electron chi connectivity index (χ2n) is 3.57. The van der Waals surface area contributed by atoms with E-state index in [2.05, 4.69) is 43.0 Å². The predicted octanol–water partition coefficient (Wildman–Crippen LogP) is 2.17. The molecule has 0 unspecified atom stereocenters. The molecule has 15 heavy (non-hydrogen) atoms. The van der Waals surface area contributed by atoms with E-state index in [-0.39, 0.29) is 0 Å². The van der Waals surface area contributed by atoms with Crippen LogP contribution in [-0.4, -0.2) is 36.4 Å². The molecule has 0 aliphatic carbocycles. The fourth-order valence-corrected chi connectivity index (χ4v) is 2.25. The molecule has 0 saturated carbocycles. The van der Waals surface area contributed by atoms with Gasteiger partial charge in [0.2, 0.25) is 0 Å². The first-order valence-electron chi connectivity index (χ1n) is 5.10. The molecule has 1 aliphatic rings. The van der Waals surface area contributed by atoms with Gasteiger partial charge in [-0.1, -0.05) is 12.1 Å². The van der Waals surface area contributed by atoms with Gasteiger partial charge in [-0.25, -0.2) is 3.11 Å². The van der Waals surface area contributed by atoms with Gasteiger partial charge in [0, 0.05) is 49.0 Å². The number of halogens is 1. The third-order valence-electron chi connectivity index (χ3n) is 2.65. The van der Waals surface area contributed by atoms with Gasteiger partial charge in [-0.05, 0) is 12.1 Å². The summed E-state index contributed by atoms with van der Waals surface area (Å²) in [4.78, 5) is 2.38. The van der Waals surface area contributed by atoms with Crippen LogP contribution in [-0.2, 0) is 0 Å². The fourth-order valence-electron chi connectivity index (χ4n) is 1.81. The number of nitrogens with zero attached hydrogens (tertiary/aromatic N) is 2. The highest BCUT2D eigenvalue weighted by Crippen LogP contribution is 2.28. The molecule has 0 radical (unpaired) electrons. The standard InChI is InChI=1S/C11H15IN2O/c1-15-11-5-3-2-4-10(11)13-6-8-14(12)9-7-13/h2-5H,6-9H2,1H3. The number of para-hydroxylation sites is 2. The van der Waals surface area contributed by atoms with Crippen molar-refractivity contribution in [1.82, 2.24) is 3.11 Å². The second-order valence-corrected chi connectivity index (χ2v) is 4.93. The van der Waals surface area contributed by atoms with E-state index < -0.39 is 0 Å². The van der Waals surface area contributed by atoms with E-state index >= 15 is 0 Å². The zero-order valence-electron chi connectivity index (χ0n) is 8.82. The highest BCUT2D eigenvalue weighted by molar-refractivity contribution is 14.1. The zero-order chi connectivity index (χ0) is 10.7. The first kappa shape index (κ1) is 11.0. The molecule has 1 aromatic rings.